The zero-order chi connectivity index (χ0) is 12.4. The normalized spacial score (nSPS) is 32.2. The van der Waals surface area contributed by atoms with Crippen LogP contribution in [0.15, 0.2) is 12.2 Å². The van der Waals surface area contributed by atoms with E-state index in [4.69, 9.17) is 14.9 Å². The molecule has 4 atom stereocenters. The van der Waals surface area contributed by atoms with Crippen LogP contribution < -0.4 is 0 Å². The van der Waals surface area contributed by atoms with Gasteiger partial charge < -0.3 is 14.9 Å². The van der Waals surface area contributed by atoms with Crippen LogP contribution in [0.5, 0.6) is 0 Å². The number of esters is 1. The second-order valence-corrected chi connectivity index (χ2v) is 4.99. The summed E-state index contributed by atoms with van der Waals surface area (Å²) in [7, 11) is 0. The van der Waals surface area contributed by atoms with Crippen molar-refractivity contribution < 1.29 is 14.3 Å². The highest BCUT2D eigenvalue weighted by molar-refractivity contribution is 6.07. The molecule has 94 valence electrons. The third-order valence-electron chi connectivity index (χ3n) is 3.75. The summed E-state index contributed by atoms with van der Waals surface area (Å²) < 4.78 is 10.8. The summed E-state index contributed by atoms with van der Waals surface area (Å²) in [6, 6.07) is 0. The van der Waals surface area contributed by atoms with Crippen LogP contribution in [0, 0.1) is 17.2 Å². The first-order chi connectivity index (χ1) is 8.10. The maximum atomic E-state index is 11.4. The minimum atomic E-state index is -0.573. The van der Waals surface area contributed by atoms with Crippen molar-refractivity contribution in [1.82, 2.24) is 0 Å². The molecule has 4 heteroatoms. The van der Waals surface area contributed by atoms with Crippen molar-refractivity contribution in [3.05, 3.63) is 12.2 Å². The molecule has 0 aromatic heterocycles. The van der Waals surface area contributed by atoms with Gasteiger partial charge in [0.1, 0.15) is 0 Å². The van der Waals surface area contributed by atoms with E-state index in [0.717, 1.165) is 18.6 Å². The van der Waals surface area contributed by atoms with Gasteiger partial charge in [-0.05, 0) is 44.4 Å². The Hall–Kier alpha value is -1.16. The lowest BCUT2D eigenvalue weighted by Gasteiger charge is -2.25. The average molecular weight is 237 g/mol. The Morgan fingerprint density at radius 1 is 1.47 bits per heavy atom. The molecular formula is C13H19NO3. The molecule has 0 spiro atoms. The lowest BCUT2D eigenvalue weighted by Crippen LogP contribution is -2.28. The number of hydrogen-bond donors (Lipinski definition) is 1. The summed E-state index contributed by atoms with van der Waals surface area (Å²) in [5.41, 5.74) is 0.0494. The second-order valence-electron chi connectivity index (χ2n) is 4.99. The zero-order valence-corrected chi connectivity index (χ0v) is 10.1. The largest absolute Gasteiger partial charge is 0.432 e. The molecule has 0 aromatic rings. The van der Waals surface area contributed by atoms with Gasteiger partial charge in [-0.1, -0.05) is 6.58 Å². The molecule has 0 radical (unpaired) electrons. The van der Waals surface area contributed by atoms with Crippen LogP contribution in [-0.4, -0.2) is 24.6 Å². The average Bonchev–Trinajstić information content (AvgIpc) is 2.89. The van der Waals surface area contributed by atoms with Crippen LogP contribution in [0.2, 0.25) is 0 Å². The molecule has 2 rings (SSSR count). The van der Waals surface area contributed by atoms with E-state index in [0.29, 0.717) is 5.92 Å². The Kier molecular flexibility index (Phi) is 3.62. The predicted octanol–water partition coefficient (Wildman–Crippen LogP) is 2.29. The first-order valence-corrected chi connectivity index (χ1v) is 6.16. The van der Waals surface area contributed by atoms with E-state index in [1.807, 2.05) is 0 Å². The van der Waals surface area contributed by atoms with Crippen LogP contribution in [-0.2, 0) is 14.3 Å². The molecule has 17 heavy (non-hydrogen) atoms. The van der Waals surface area contributed by atoms with Gasteiger partial charge >= 0.3 is 5.97 Å². The monoisotopic (exact) mass is 237 g/mol. The number of ether oxygens (including phenoxy) is 2. The van der Waals surface area contributed by atoms with Crippen molar-refractivity contribution in [3.8, 4) is 0 Å². The van der Waals surface area contributed by atoms with Crippen LogP contribution in [0.4, 0.5) is 0 Å². The molecule has 0 amide bonds. The van der Waals surface area contributed by atoms with Crippen LogP contribution in [0.1, 0.15) is 32.6 Å². The number of rotatable bonds is 5. The molecule has 0 saturated heterocycles. The summed E-state index contributed by atoms with van der Waals surface area (Å²) in [6.45, 7) is 5.15. The molecule has 2 aliphatic carbocycles. The van der Waals surface area contributed by atoms with Gasteiger partial charge in [0.15, 0.2) is 0 Å². The molecule has 0 aliphatic heterocycles. The Morgan fingerprint density at radius 2 is 2.24 bits per heavy atom. The molecule has 2 bridgehead atoms. The van der Waals surface area contributed by atoms with Gasteiger partial charge in [0.05, 0.1) is 11.7 Å². The van der Waals surface area contributed by atoms with Gasteiger partial charge in [0, 0.05) is 6.21 Å². The van der Waals surface area contributed by atoms with E-state index in [9.17, 15) is 4.79 Å². The maximum Gasteiger partial charge on any atom is 0.341 e. The molecule has 1 N–H and O–H groups in total. The highest BCUT2D eigenvalue weighted by Crippen LogP contribution is 2.46. The molecule has 4 unspecified atom stereocenters. The second kappa shape index (κ2) is 5.00. The van der Waals surface area contributed by atoms with Gasteiger partial charge in [-0.3, -0.25) is 0 Å². The Bertz CT molecular complexity index is 340. The predicted molar refractivity (Wildman–Crippen MR) is 63.8 cm³/mol. The SMILES string of the molecule is C=C(C=N)C(=O)OC(C)OC1CC2CCC1C2. The van der Waals surface area contributed by atoms with E-state index in [1.54, 1.807) is 6.92 Å². The molecular weight excluding hydrogens is 218 g/mol. The van der Waals surface area contributed by atoms with Gasteiger partial charge in [-0.25, -0.2) is 4.79 Å². The lowest BCUT2D eigenvalue weighted by molar-refractivity contribution is -0.184. The quantitative estimate of drug-likeness (QED) is 0.345. The first kappa shape index (κ1) is 12.3. The standard InChI is InChI=1S/C13H19NO3/c1-8(7-14)13(15)17-9(2)16-12-6-10-3-4-11(12)5-10/h7,9-12,14H,1,3-6H2,2H3. The molecule has 0 heterocycles. The van der Waals surface area contributed by atoms with E-state index in [2.05, 4.69) is 6.58 Å². The van der Waals surface area contributed by atoms with E-state index >= 15 is 0 Å². The fourth-order valence-corrected chi connectivity index (χ4v) is 2.91. The van der Waals surface area contributed by atoms with Crippen molar-refractivity contribution in [2.45, 2.75) is 45.0 Å². The minimum Gasteiger partial charge on any atom is -0.432 e. The molecule has 2 saturated carbocycles. The highest BCUT2D eigenvalue weighted by atomic mass is 16.7. The zero-order valence-electron chi connectivity index (χ0n) is 10.1. The van der Waals surface area contributed by atoms with Crippen molar-refractivity contribution >= 4 is 12.2 Å². The molecule has 0 aromatic carbocycles. The van der Waals surface area contributed by atoms with Gasteiger partial charge in [-0.15, -0.1) is 0 Å². The summed E-state index contributed by atoms with van der Waals surface area (Å²) in [5, 5.41) is 6.91. The van der Waals surface area contributed by atoms with Crippen LogP contribution in [0.25, 0.3) is 0 Å². The van der Waals surface area contributed by atoms with Crippen molar-refractivity contribution in [2.24, 2.45) is 11.8 Å². The first-order valence-electron chi connectivity index (χ1n) is 6.16. The summed E-state index contributed by atoms with van der Waals surface area (Å²) in [5.74, 6) is 0.882. The fourth-order valence-electron chi connectivity index (χ4n) is 2.91. The Morgan fingerprint density at radius 3 is 2.76 bits per heavy atom. The third-order valence-corrected chi connectivity index (χ3v) is 3.75. The van der Waals surface area contributed by atoms with E-state index in [-0.39, 0.29) is 11.7 Å². The number of nitrogens with one attached hydrogen (secondary N) is 1. The van der Waals surface area contributed by atoms with Gasteiger partial charge in [0.2, 0.25) is 6.29 Å². The number of carbonyl (C=O) groups excluding carboxylic acids is 1. The Labute approximate surface area is 101 Å². The summed E-state index contributed by atoms with van der Waals surface area (Å²) in [4.78, 5) is 11.4. The molecule has 2 fully saturated rings. The topological polar surface area (TPSA) is 59.4 Å². The molecule has 4 nitrogen and oxygen atoms in total. The van der Waals surface area contributed by atoms with E-state index in [1.165, 1.54) is 19.3 Å². The van der Waals surface area contributed by atoms with Crippen molar-refractivity contribution in [1.29, 1.82) is 5.41 Å². The van der Waals surface area contributed by atoms with Crippen LogP contribution in [0.3, 0.4) is 0 Å². The van der Waals surface area contributed by atoms with E-state index < -0.39 is 12.3 Å². The highest BCUT2D eigenvalue weighted by Gasteiger charge is 2.41. The van der Waals surface area contributed by atoms with Gasteiger partial charge in [-0.2, -0.15) is 0 Å². The number of fused-ring (bicyclic) bond motifs is 2. The van der Waals surface area contributed by atoms with Gasteiger partial charge in [0.25, 0.3) is 0 Å². The number of carbonyl (C=O) groups is 1. The Balaban J connectivity index is 1.78. The maximum absolute atomic E-state index is 11.4. The smallest absolute Gasteiger partial charge is 0.341 e. The molecule has 2 aliphatic rings. The lowest BCUT2D eigenvalue weighted by atomic mass is 9.98. The van der Waals surface area contributed by atoms with Crippen molar-refractivity contribution in [2.75, 3.05) is 0 Å². The third kappa shape index (κ3) is 2.75. The minimum absolute atomic E-state index is 0.0494. The number of hydrogen-bond acceptors (Lipinski definition) is 4. The van der Waals surface area contributed by atoms with Crippen molar-refractivity contribution in [3.63, 3.8) is 0 Å². The fraction of sp³-hybridized carbons (Fsp3) is 0.692. The van der Waals surface area contributed by atoms with Crippen LogP contribution >= 0.6 is 0 Å². The summed E-state index contributed by atoms with van der Waals surface area (Å²) in [6.07, 6.45) is 5.50. The summed E-state index contributed by atoms with van der Waals surface area (Å²) >= 11 is 0.